The molecular weight excluding hydrogens is 362 g/mol. The van der Waals surface area contributed by atoms with Gasteiger partial charge in [0.2, 0.25) is 0 Å². The number of aromatic nitrogens is 1. The van der Waals surface area contributed by atoms with E-state index in [2.05, 4.69) is 15.5 Å². The average Bonchev–Trinajstić information content (AvgIpc) is 2.74. The molecule has 5 nitrogen and oxygen atoms in total. The van der Waals surface area contributed by atoms with Crippen molar-refractivity contribution in [1.82, 2.24) is 10.4 Å². The van der Waals surface area contributed by atoms with Crippen LogP contribution in [0.3, 0.4) is 0 Å². The summed E-state index contributed by atoms with van der Waals surface area (Å²) in [5, 5.41) is 7.19. The number of para-hydroxylation sites is 1. The molecule has 0 unspecified atom stereocenters. The van der Waals surface area contributed by atoms with Crippen LogP contribution in [-0.4, -0.2) is 24.2 Å². The van der Waals surface area contributed by atoms with E-state index < -0.39 is 0 Å². The Labute approximate surface area is 169 Å². The van der Waals surface area contributed by atoms with Crippen LogP contribution in [0.4, 0.5) is 0 Å². The van der Waals surface area contributed by atoms with Gasteiger partial charge in [-0.15, -0.1) is 0 Å². The minimum atomic E-state index is -0.297. The van der Waals surface area contributed by atoms with Gasteiger partial charge in [-0.3, -0.25) is 9.78 Å². The number of rotatable bonds is 4. The highest BCUT2D eigenvalue weighted by Crippen LogP contribution is 2.26. The molecule has 1 heterocycles. The molecule has 4 aromatic rings. The molecule has 0 aliphatic rings. The molecule has 1 amide bonds. The quantitative estimate of drug-likeness (QED) is 0.408. The van der Waals surface area contributed by atoms with Gasteiger partial charge in [-0.05, 0) is 42.3 Å². The number of nitrogens with one attached hydrogen (secondary N) is 1. The molecular formula is C24H21N3O2. The second kappa shape index (κ2) is 7.72. The second-order valence-corrected chi connectivity index (χ2v) is 6.87. The predicted molar refractivity (Wildman–Crippen MR) is 117 cm³/mol. The van der Waals surface area contributed by atoms with Crippen molar-refractivity contribution >= 4 is 33.8 Å². The summed E-state index contributed by atoms with van der Waals surface area (Å²) in [7, 11) is 1.62. The fourth-order valence-electron chi connectivity index (χ4n) is 3.47. The number of fused-ring (bicyclic) bond motifs is 2. The van der Waals surface area contributed by atoms with Gasteiger partial charge in [-0.25, -0.2) is 5.43 Å². The van der Waals surface area contributed by atoms with Crippen molar-refractivity contribution in [3.05, 3.63) is 83.0 Å². The van der Waals surface area contributed by atoms with Gasteiger partial charge < -0.3 is 4.74 Å². The van der Waals surface area contributed by atoms with Crippen LogP contribution in [-0.2, 0) is 0 Å². The van der Waals surface area contributed by atoms with Crippen molar-refractivity contribution in [1.29, 1.82) is 0 Å². The first-order valence-corrected chi connectivity index (χ1v) is 9.34. The Balaban J connectivity index is 1.64. The largest absolute Gasteiger partial charge is 0.496 e. The summed E-state index contributed by atoms with van der Waals surface area (Å²) in [5.74, 6) is 0.398. The van der Waals surface area contributed by atoms with Gasteiger partial charge in [-0.1, -0.05) is 48.5 Å². The van der Waals surface area contributed by atoms with E-state index in [-0.39, 0.29) is 5.91 Å². The van der Waals surface area contributed by atoms with Crippen molar-refractivity contribution in [2.24, 2.45) is 5.10 Å². The number of hydrogen-bond donors (Lipinski definition) is 1. The lowest BCUT2D eigenvalue weighted by Gasteiger charge is -2.09. The summed E-state index contributed by atoms with van der Waals surface area (Å²) in [4.78, 5) is 17.3. The number of pyridine rings is 1. The molecule has 144 valence electrons. The standard InChI is InChI=1S/C24H21N3O2/c1-15-7-6-9-18-13-20(16(2)26-23(15)18)24(28)27-25-14-21-19-10-5-4-8-17(19)11-12-22(21)29-3/h4-14H,1-3H3,(H,27,28)/b25-14+. The normalized spacial score (nSPS) is 11.3. The maximum absolute atomic E-state index is 12.7. The molecule has 0 spiro atoms. The molecule has 0 aliphatic heterocycles. The maximum Gasteiger partial charge on any atom is 0.273 e. The third-order valence-electron chi connectivity index (χ3n) is 4.99. The van der Waals surface area contributed by atoms with E-state index >= 15 is 0 Å². The Kier molecular flexibility index (Phi) is 4.96. The maximum atomic E-state index is 12.7. The topological polar surface area (TPSA) is 63.6 Å². The molecule has 29 heavy (non-hydrogen) atoms. The summed E-state index contributed by atoms with van der Waals surface area (Å²) in [6.07, 6.45) is 1.62. The summed E-state index contributed by atoms with van der Waals surface area (Å²) >= 11 is 0. The van der Waals surface area contributed by atoms with Crippen LogP contribution in [0, 0.1) is 13.8 Å². The Morgan fingerprint density at radius 2 is 1.83 bits per heavy atom. The number of aryl methyl sites for hydroxylation is 2. The first-order valence-electron chi connectivity index (χ1n) is 9.34. The number of methoxy groups -OCH3 is 1. The zero-order valence-corrected chi connectivity index (χ0v) is 16.6. The molecule has 1 N–H and O–H groups in total. The number of ether oxygens (including phenoxy) is 1. The van der Waals surface area contributed by atoms with Gasteiger partial charge in [0.05, 0.1) is 30.1 Å². The van der Waals surface area contributed by atoms with Crippen molar-refractivity contribution in [2.75, 3.05) is 7.11 Å². The van der Waals surface area contributed by atoms with E-state index in [0.29, 0.717) is 17.0 Å². The highest BCUT2D eigenvalue weighted by atomic mass is 16.5. The third kappa shape index (κ3) is 3.55. The lowest BCUT2D eigenvalue weighted by Crippen LogP contribution is -2.19. The van der Waals surface area contributed by atoms with Gasteiger partial charge in [-0.2, -0.15) is 5.10 Å². The molecule has 3 aromatic carbocycles. The molecule has 0 aliphatic carbocycles. The number of benzene rings is 3. The monoisotopic (exact) mass is 383 g/mol. The zero-order chi connectivity index (χ0) is 20.4. The SMILES string of the molecule is COc1ccc2ccccc2c1/C=N/NC(=O)c1cc2cccc(C)c2nc1C. The molecule has 0 bridgehead atoms. The van der Waals surface area contributed by atoms with Crippen LogP contribution in [0.25, 0.3) is 21.7 Å². The summed E-state index contributed by atoms with van der Waals surface area (Å²) in [6, 6.07) is 19.6. The first kappa shape index (κ1) is 18.6. The smallest absolute Gasteiger partial charge is 0.273 e. The van der Waals surface area contributed by atoms with E-state index in [1.807, 2.05) is 74.5 Å². The second-order valence-electron chi connectivity index (χ2n) is 6.87. The minimum absolute atomic E-state index is 0.297. The number of hydrazone groups is 1. The highest BCUT2D eigenvalue weighted by Gasteiger charge is 2.12. The van der Waals surface area contributed by atoms with Gasteiger partial charge in [0.15, 0.2) is 0 Å². The number of hydrogen-bond acceptors (Lipinski definition) is 4. The molecule has 1 aromatic heterocycles. The molecule has 0 saturated heterocycles. The van der Waals surface area contributed by atoms with Crippen molar-refractivity contribution in [3.63, 3.8) is 0 Å². The number of carbonyl (C=O) groups excluding carboxylic acids is 1. The van der Waals surface area contributed by atoms with Crippen molar-refractivity contribution < 1.29 is 9.53 Å². The summed E-state index contributed by atoms with van der Waals surface area (Å²) in [6.45, 7) is 3.84. The van der Waals surface area contributed by atoms with Crippen LogP contribution in [0.1, 0.15) is 27.2 Å². The lowest BCUT2D eigenvalue weighted by atomic mass is 10.0. The Morgan fingerprint density at radius 1 is 1.03 bits per heavy atom. The summed E-state index contributed by atoms with van der Waals surface area (Å²) in [5.41, 5.74) is 6.60. The van der Waals surface area contributed by atoms with Crippen LogP contribution in [0.15, 0.2) is 65.8 Å². The number of carbonyl (C=O) groups is 1. The molecule has 0 radical (unpaired) electrons. The molecule has 0 fully saturated rings. The van der Waals surface area contributed by atoms with E-state index in [0.717, 1.165) is 32.8 Å². The van der Waals surface area contributed by atoms with Gasteiger partial charge in [0.25, 0.3) is 5.91 Å². The number of amides is 1. The van der Waals surface area contributed by atoms with Crippen molar-refractivity contribution in [3.8, 4) is 5.75 Å². The fraction of sp³-hybridized carbons (Fsp3) is 0.125. The summed E-state index contributed by atoms with van der Waals surface area (Å²) < 4.78 is 5.46. The molecule has 4 rings (SSSR count). The van der Waals surface area contributed by atoms with Crippen molar-refractivity contribution in [2.45, 2.75) is 13.8 Å². The number of nitrogens with zero attached hydrogens (tertiary/aromatic N) is 2. The average molecular weight is 383 g/mol. The zero-order valence-electron chi connectivity index (χ0n) is 16.6. The van der Waals surface area contributed by atoms with Crippen LogP contribution in [0.5, 0.6) is 5.75 Å². The van der Waals surface area contributed by atoms with Crippen LogP contribution in [0.2, 0.25) is 0 Å². The fourth-order valence-corrected chi connectivity index (χ4v) is 3.47. The van der Waals surface area contributed by atoms with Crippen LogP contribution >= 0.6 is 0 Å². The van der Waals surface area contributed by atoms with Gasteiger partial charge >= 0.3 is 0 Å². The van der Waals surface area contributed by atoms with E-state index in [9.17, 15) is 4.79 Å². The third-order valence-corrected chi connectivity index (χ3v) is 4.99. The predicted octanol–water partition coefficient (Wildman–Crippen LogP) is 4.78. The van der Waals surface area contributed by atoms with E-state index in [1.165, 1.54) is 0 Å². The minimum Gasteiger partial charge on any atom is -0.496 e. The van der Waals surface area contributed by atoms with Crippen LogP contribution < -0.4 is 10.2 Å². The first-order chi connectivity index (χ1) is 14.1. The molecule has 5 heteroatoms. The highest BCUT2D eigenvalue weighted by molar-refractivity contribution is 6.03. The molecule has 0 atom stereocenters. The lowest BCUT2D eigenvalue weighted by molar-refractivity contribution is 0.0954. The van der Waals surface area contributed by atoms with Gasteiger partial charge in [0, 0.05) is 10.9 Å². The Bertz CT molecular complexity index is 1260. The van der Waals surface area contributed by atoms with E-state index in [1.54, 1.807) is 13.3 Å². The van der Waals surface area contributed by atoms with E-state index in [4.69, 9.17) is 4.74 Å². The Hall–Kier alpha value is -3.73. The molecule has 0 saturated carbocycles. The van der Waals surface area contributed by atoms with Gasteiger partial charge in [0.1, 0.15) is 5.75 Å². The Morgan fingerprint density at radius 3 is 2.66 bits per heavy atom.